The summed E-state index contributed by atoms with van der Waals surface area (Å²) in [5, 5.41) is 0. The molecule has 4 unspecified atom stereocenters. The lowest BCUT2D eigenvalue weighted by Crippen LogP contribution is -2.48. The van der Waals surface area contributed by atoms with Gasteiger partial charge in [-0.1, -0.05) is 0 Å². The van der Waals surface area contributed by atoms with E-state index in [1.54, 1.807) is 0 Å². The van der Waals surface area contributed by atoms with Crippen LogP contribution >= 0.6 is 0 Å². The number of hydrogen-bond acceptors (Lipinski definition) is 5. The fourth-order valence-corrected chi connectivity index (χ4v) is 2.85. The van der Waals surface area contributed by atoms with Crippen LogP contribution in [0.15, 0.2) is 0 Å². The van der Waals surface area contributed by atoms with Crippen molar-refractivity contribution in [1.82, 2.24) is 0 Å². The molecule has 96 valence electrons. The van der Waals surface area contributed by atoms with Gasteiger partial charge in [-0.05, 0) is 25.7 Å². The molecule has 2 aliphatic rings. The molecule has 0 aromatic rings. The molecule has 2 aliphatic heterocycles. The summed E-state index contributed by atoms with van der Waals surface area (Å²) in [7, 11) is 2.79. The molecule has 5 nitrogen and oxygen atoms in total. The van der Waals surface area contributed by atoms with Crippen molar-refractivity contribution >= 4 is 11.9 Å². The van der Waals surface area contributed by atoms with E-state index in [9.17, 15) is 9.59 Å². The summed E-state index contributed by atoms with van der Waals surface area (Å²) in [6, 6.07) is 0. The third-order valence-corrected chi connectivity index (χ3v) is 3.78. The van der Waals surface area contributed by atoms with Crippen LogP contribution in [-0.2, 0) is 23.8 Å². The van der Waals surface area contributed by atoms with E-state index in [0.29, 0.717) is 0 Å². The molecule has 17 heavy (non-hydrogen) atoms. The summed E-state index contributed by atoms with van der Waals surface area (Å²) in [5.74, 6) is -0.750. The maximum Gasteiger partial charge on any atom is 0.311 e. The molecule has 2 heterocycles. The summed E-state index contributed by atoms with van der Waals surface area (Å²) in [6.45, 7) is 0. The van der Waals surface area contributed by atoms with Crippen molar-refractivity contribution in [3.8, 4) is 0 Å². The number of carbonyl (C=O) groups excluding carboxylic acids is 2. The highest BCUT2D eigenvalue weighted by atomic mass is 16.5. The average molecular weight is 242 g/mol. The van der Waals surface area contributed by atoms with Crippen LogP contribution in [0.4, 0.5) is 0 Å². The number of hydrogen-bond donors (Lipinski definition) is 0. The smallest absolute Gasteiger partial charge is 0.311 e. The quantitative estimate of drug-likeness (QED) is 0.673. The molecule has 4 atom stereocenters. The van der Waals surface area contributed by atoms with Crippen LogP contribution in [0.2, 0.25) is 0 Å². The second kappa shape index (κ2) is 5.04. The second-order valence-corrected chi connectivity index (χ2v) is 4.63. The van der Waals surface area contributed by atoms with E-state index in [0.717, 1.165) is 25.7 Å². The predicted octanol–water partition coefficient (Wildman–Crippen LogP) is 0.906. The van der Waals surface area contributed by atoms with Gasteiger partial charge in [0, 0.05) is 0 Å². The van der Waals surface area contributed by atoms with Crippen molar-refractivity contribution in [2.75, 3.05) is 14.2 Å². The average Bonchev–Trinajstić information content (AvgIpc) is 2.38. The van der Waals surface area contributed by atoms with Gasteiger partial charge >= 0.3 is 11.9 Å². The Morgan fingerprint density at radius 3 is 1.65 bits per heavy atom. The molecule has 0 aliphatic carbocycles. The third kappa shape index (κ3) is 2.29. The third-order valence-electron chi connectivity index (χ3n) is 3.78. The molecule has 0 N–H and O–H groups in total. The van der Waals surface area contributed by atoms with Gasteiger partial charge in [-0.25, -0.2) is 0 Å². The van der Waals surface area contributed by atoms with Crippen molar-refractivity contribution in [2.45, 2.75) is 37.9 Å². The van der Waals surface area contributed by atoms with Gasteiger partial charge in [0.05, 0.1) is 38.3 Å². The van der Waals surface area contributed by atoms with Crippen molar-refractivity contribution in [3.63, 3.8) is 0 Å². The highest BCUT2D eigenvalue weighted by molar-refractivity contribution is 5.75. The number of fused-ring (bicyclic) bond motifs is 2. The fraction of sp³-hybridized carbons (Fsp3) is 0.833. The first kappa shape index (κ1) is 12.4. The van der Waals surface area contributed by atoms with Crippen LogP contribution in [0.25, 0.3) is 0 Å². The minimum absolute atomic E-state index is 0.0953. The van der Waals surface area contributed by atoms with Crippen LogP contribution in [0.1, 0.15) is 25.7 Å². The Bertz CT molecular complexity index is 284. The molecule has 2 rings (SSSR count). The first-order chi connectivity index (χ1) is 8.17. The summed E-state index contributed by atoms with van der Waals surface area (Å²) in [4.78, 5) is 23.1. The number of methoxy groups -OCH3 is 2. The van der Waals surface area contributed by atoms with Crippen molar-refractivity contribution in [2.24, 2.45) is 11.8 Å². The molecular formula is C12H18O5. The van der Waals surface area contributed by atoms with E-state index >= 15 is 0 Å². The summed E-state index contributed by atoms with van der Waals surface area (Å²) in [5.41, 5.74) is 0. The maximum absolute atomic E-state index is 11.5. The minimum atomic E-state index is -0.204. The second-order valence-electron chi connectivity index (χ2n) is 4.63. The Hall–Kier alpha value is -1.10. The van der Waals surface area contributed by atoms with Crippen LogP contribution in [-0.4, -0.2) is 38.4 Å². The molecule has 0 aromatic carbocycles. The molecule has 2 fully saturated rings. The van der Waals surface area contributed by atoms with Crippen molar-refractivity contribution in [3.05, 3.63) is 0 Å². The molecule has 0 saturated carbocycles. The van der Waals surface area contributed by atoms with E-state index in [1.165, 1.54) is 14.2 Å². The first-order valence-corrected chi connectivity index (χ1v) is 5.98. The molecule has 2 saturated heterocycles. The van der Waals surface area contributed by atoms with E-state index in [1.807, 2.05) is 0 Å². The summed E-state index contributed by atoms with van der Waals surface area (Å²) in [6.07, 6.45) is 2.71. The Kier molecular flexibility index (Phi) is 3.66. The van der Waals surface area contributed by atoms with E-state index in [4.69, 9.17) is 14.2 Å². The maximum atomic E-state index is 11.5. The zero-order valence-electron chi connectivity index (χ0n) is 10.2. The molecular weight excluding hydrogens is 224 g/mol. The minimum Gasteiger partial charge on any atom is -0.469 e. The zero-order valence-corrected chi connectivity index (χ0v) is 10.2. The topological polar surface area (TPSA) is 61.8 Å². The number of rotatable bonds is 2. The first-order valence-electron chi connectivity index (χ1n) is 5.98. The van der Waals surface area contributed by atoms with Gasteiger partial charge in [-0.3, -0.25) is 9.59 Å². The van der Waals surface area contributed by atoms with Crippen molar-refractivity contribution < 1.29 is 23.8 Å². The normalized spacial score (nSPS) is 36.1. The number of esters is 2. The zero-order chi connectivity index (χ0) is 12.4. The Labute approximate surface area is 100 Å². The molecule has 0 aromatic heterocycles. The van der Waals surface area contributed by atoms with Gasteiger partial charge in [0.2, 0.25) is 0 Å². The summed E-state index contributed by atoms with van der Waals surface area (Å²) >= 11 is 0. The number of carbonyl (C=O) groups is 2. The van der Waals surface area contributed by atoms with Gasteiger partial charge in [0.1, 0.15) is 0 Å². The van der Waals surface area contributed by atoms with E-state index < -0.39 is 0 Å². The molecule has 2 bridgehead atoms. The lowest BCUT2D eigenvalue weighted by Gasteiger charge is -2.42. The molecule has 5 heteroatoms. The lowest BCUT2D eigenvalue weighted by atomic mass is 9.78. The molecule has 0 spiro atoms. The van der Waals surface area contributed by atoms with Crippen LogP contribution in [0.3, 0.4) is 0 Å². The predicted molar refractivity (Wildman–Crippen MR) is 58.1 cm³/mol. The van der Waals surface area contributed by atoms with E-state index in [-0.39, 0.29) is 36.0 Å². The SMILES string of the molecule is COC(=O)C1CCC2OC1CCC2C(=O)OC. The highest BCUT2D eigenvalue weighted by Gasteiger charge is 2.45. The largest absolute Gasteiger partial charge is 0.469 e. The monoisotopic (exact) mass is 242 g/mol. The van der Waals surface area contributed by atoms with Crippen LogP contribution in [0, 0.1) is 11.8 Å². The fourth-order valence-electron chi connectivity index (χ4n) is 2.85. The van der Waals surface area contributed by atoms with Gasteiger partial charge in [-0.15, -0.1) is 0 Å². The Morgan fingerprint density at radius 1 is 0.882 bits per heavy atom. The van der Waals surface area contributed by atoms with Gasteiger partial charge in [0.25, 0.3) is 0 Å². The van der Waals surface area contributed by atoms with Crippen molar-refractivity contribution in [1.29, 1.82) is 0 Å². The molecule has 0 radical (unpaired) electrons. The summed E-state index contributed by atoms with van der Waals surface area (Å²) < 4.78 is 15.3. The molecule has 0 amide bonds. The standard InChI is InChI=1S/C12H18O5/c1-15-11(13)7-3-5-10-8(12(14)16-2)4-6-9(7)17-10/h7-10H,3-6H2,1-2H3. The van der Waals surface area contributed by atoms with Gasteiger partial charge < -0.3 is 14.2 Å². The Morgan fingerprint density at radius 2 is 1.29 bits per heavy atom. The number of ether oxygens (including phenoxy) is 3. The highest BCUT2D eigenvalue weighted by Crippen LogP contribution is 2.38. The van der Waals surface area contributed by atoms with Gasteiger partial charge in [0.15, 0.2) is 0 Å². The van der Waals surface area contributed by atoms with Gasteiger partial charge in [-0.2, -0.15) is 0 Å². The Balaban J connectivity index is 2.01. The van der Waals surface area contributed by atoms with Crippen LogP contribution < -0.4 is 0 Å². The van der Waals surface area contributed by atoms with Crippen LogP contribution in [0.5, 0.6) is 0 Å². The van der Waals surface area contributed by atoms with E-state index in [2.05, 4.69) is 0 Å². The lowest BCUT2D eigenvalue weighted by molar-refractivity contribution is -0.183.